The Bertz CT molecular complexity index is 742. The highest BCUT2D eigenvalue weighted by molar-refractivity contribution is 7.89. The van der Waals surface area contributed by atoms with Crippen molar-refractivity contribution in [2.45, 2.75) is 18.4 Å². The number of hydrogen-bond acceptors (Lipinski definition) is 4. The Hall–Kier alpha value is -2.05. The van der Waals surface area contributed by atoms with Crippen LogP contribution in [0.25, 0.3) is 0 Å². The van der Waals surface area contributed by atoms with E-state index in [2.05, 4.69) is 4.72 Å². The van der Waals surface area contributed by atoms with Gasteiger partial charge in [0.05, 0.1) is 7.11 Å². The van der Waals surface area contributed by atoms with E-state index in [1.54, 1.807) is 0 Å². The van der Waals surface area contributed by atoms with Gasteiger partial charge in [-0.3, -0.25) is 0 Å². The number of benzene rings is 2. The second kappa shape index (κ2) is 6.15. The van der Waals surface area contributed by atoms with Gasteiger partial charge in [-0.2, -0.15) is 0 Å². The first-order chi connectivity index (χ1) is 9.94. The van der Waals surface area contributed by atoms with Gasteiger partial charge in [-0.05, 0) is 30.2 Å². The predicted molar refractivity (Wildman–Crippen MR) is 82.6 cm³/mol. The average molecular weight is 306 g/mol. The van der Waals surface area contributed by atoms with Crippen LogP contribution in [0.15, 0.2) is 47.4 Å². The first-order valence-electron chi connectivity index (χ1n) is 6.42. The lowest BCUT2D eigenvalue weighted by atomic mass is 10.1. The quantitative estimate of drug-likeness (QED) is 0.829. The van der Waals surface area contributed by atoms with Crippen molar-refractivity contribution in [3.63, 3.8) is 0 Å². The molecule has 0 aliphatic carbocycles. The van der Waals surface area contributed by atoms with Gasteiger partial charge in [-0.15, -0.1) is 0 Å². The van der Waals surface area contributed by atoms with Gasteiger partial charge < -0.3 is 10.5 Å². The Kier molecular flexibility index (Phi) is 4.50. The summed E-state index contributed by atoms with van der Waals surface area (Å²) in [5.41, 5.74) is 8.04. The summed E-state index contributed by atoms with van der Waals surface area (Å²) >= 11 is 0. The molecule has 21 heavy (non-hydrogen) atoms. The number of aryl methyl sites for hydroxylation is 1. The minimum absolute atomic E-state index is 0.0767. The fourth-order valence-electron chi connectivity index (χ4n) is 1.97. The number of nitrogens with two attached hydrogens (primary N) is 1. The molecule has 0 aliphatic heterocycles. The van der Waals surface area contributed by atoms with E-state index in [4.69, 9.17) is 10.5 Å². The molecule has 3 N–H and O–H groups in total. The van der Waals surface area contributed by atoms with Gasteiger partial charge in [-0.1, -0.05) is 24.3 Å². The number of nitrogens with one attached hydrogen (secondary N) is 1. The summed E-state index contributed by atoms with van der Waals surface area (Å²) in [5, 5.41) is 0. The number of nitrogen functional groups attached to an aromatic ring is 1. The van der Waals surface area contributed by atoms with Crippen molar-refractivity contribution in [2.75, 3.05) is 12.8 Å². The van der Waals surface area contributed by atoms with Gasteiger partial charge in [-0.25, -0.2) is 13.1 Å². The summed E-state index contributed by atoms with van der Waals surface area (Å²) in [6, 6.07) is 12.1. The molecule has 0 fully saturated rings. The minimum Gasteiger partial charge on any atom is -0.495 e. The van der Waals surface area contributed by atoms with E-state index in [1.807, 2.05) is 31.2 Å². The normalized spacial score (nSPS) is 11.3. The third-order valence-corrected chi connectivity index (χ3v) is 4.63. The Morgan fingerprint density at radius 1 is 1.19 bits per heavy atom. The van der Waals surface area contributed by atoms with Crippen molar-refractivity contribution in [3.05, 3.63) is 53.6 Å². The topological polar surface area (TPSA) is 81.4 Å². The molecule has 0 unspecified atom stereocenters. The predicted octanol–water partition coefficient (Wildman–Crippen LogP) is 2.06. The van der Waals surface area contributed by atoms with Crippen molar-refractivity contribution in [2.24, 2.45) is 0 Å². The summed E-state index contributed by atoms with van der Waals surface area (Å²) in [4.78, 5) is 0.0767. The average Bonchev–Trinajstić information content (AvgIpc) is 2.46. The number of methoxy groups -OCH3 is 1. The van der Waals surface area contributed by atoms with Crippen LogP contribution in [0.5, 0.6) is 5.75 Å². The van der Waals surface area contributed by atoms with Crippen molar-refractivity contribution in [1.82, 2.24) is 4.72 Å². The molecule has 2 aromatic carbocycles. The Morgan fingerprint density at radius 3 is 2.57 bits per heavy atom. The number of ether oxygens (including phenoxy) is 1. The molecule has 2 aromatic rings. The molecule has 5 nitrogen and oxygen atoms in total. The number of anilines is 1. The lowest BCUT2D eigenvalue weighted by Gasteiger charge is -2.12. The van der Waals surface area contributed by atoms with Crippen LogP contribution in [0.2, 0.25) is 0 Å². The lowest BCUT2D eigenvalue weighted by Crippen LogP contribution is -2.24. The Labute approximate surface area is 124 Å². The van der Waals surface area contributed by atoms with E-state index < -0.39 is 10.0 Å². The number of hydrogen-bond donors (Lipinski definition) is 2. The molecule has 0 saturated carbocycles. The molecule has 2 rings (SSSR count). The third kappa shape index (κ3) is 3.53. The summed E-state index contributed by atoms with van der Waals surface area (Å²) in [6.45, 7) is 2.16. The van der Waals surface area contributed by atoms with Crippen molar-refractivity contribution >= 4 is 15.7 Å². The Morgan fingerprint density at radius 2 is 1.90 bits per heavy atom. The molecule has 0 heterocycles. The van der Waals surface area contributed by atoms with Gasteiger partial charge in [0.2, 0.25) is 10.0 Å². The molecule has 0 bridgehead atoms. The molecule has 0 radical (unpaired) electrons. The number of sulfonamides is 1. The summed E-state index contributed by atoms with van der Waals surface area (Å²) in [7, 11) is -2.25. The van der Waals surface area contributed by atoms with E-state index in [9.17, 15) is 8.42 Å². The van der Waals surface area contributed by atoms with Crippen LogP contribution in [-0.4, -0.2) is 15.5 Å². The molecule has 0 saturated heterocycles. The largest absolute Gasteiger partial charge is 0.495 e. The zero-order chi connectivity index (χ0) is 15.5. The molecule has 112 valence electrons. The molecular formula is C15H18N2O3S. The lowest BCUT2D eigenvalue weighted by molar-refractivity contribution is 0.402. The van der Waals surface area contributed by atoms with Gasteiger partial charge in [0.25, 0.3) is 0 Å². The van der Waals surface area contributed by atoms with Crippen LogP contribution in [-0.2, 0) is 16.6 Å². The molecule has 0 aliphatic rings. The Balaban J connectivity index is 2.25. The van der Waals surface area contributed by atoms with Gasteiger partial charge in [0.1, 0.15) is 10.6 Å². The van der Waals surface area contributed by atoms with Gasteiger partial charge in [0, 0.05) is 18.3 Å². The second-order valence-corrected chi connectivity index (χ2v) is 6.40. The molecular weight excluding hydrogens is 288 g/mol. The summed E-state index contributed by atoms with van der Waals surface area (Å²) < 4.78 is 32.4. The van der Waals surface area contributed by atoms with Crippen LogP contribution >= 0.6 is 0 Å². The second-order valence-electron chi connectivity index (χ2n) is 4.66. The molecule has 0 atom stereocenters. The van der Waals surface area contributed by atoms with Crippen LogP contribution in [0.1, 0.15) is 11.1 Å². The van der Waals surface area contributed by atoms with Crippen LogP contribution < -0.4 is 15.2 Å². The zero-order valence-electron chi connectivity index (χ0n) is 12.0. The van der Waals surface area contributed by atoms with Crippen molar-refractivity contribution in [1.29, 1.82) is 0 Å². The smallest absolute Gasteiger partial charge is 0.244 e. The molecule has 6 heteroatoms. The zero-order valence-corrected chi connectivity index (χ0v) is 12.8. The van der Waals surface area contributed by atoms with E-state index in [-0.39, 0.29) is 17.2 Å². The standard InChI is InChI=1S/C15H18N2O3S/c1-11-5-3-4-6-12(11)10-17-21(18,19)15-8-7-13(16)9-14(15)20-2/h3-9,17H,10,16H2,1-2H3. The van der Waals surface area contributed by atoms with Gasteiger partial charge in [0.15, 0.2) is 0 Å². The maximum absolute atomic E-state index is 12.4. The third-order valence-electron chi connectivity index (χ3n) is 3.19. The van der Waals surface area contributed by atoms with Crippen LogP contribution in [0.3, 0.4) is 0 Å². The highest BCUT2D eigenvalue weighted by Gasteiger charge is 2.19. The maximum atomic E-state index is 12.4. The highest BCUT2D eigenvalue weighted by Crippen LogP contribution is 2.26. The van der Waals surface area contributed by atoms with E-state index >= 15 is 0 Å². The molecule has 0 amide bonds. The van der Waals surface area contributed by atoms with Gasteiger partial charge >= 0.3 is 0 Å². The minimum atomic E-state index is -3.67. The summed E-state index contributed by atoms with van der Waals surface area (Å²) in [6.07, 6.45) is 0. The van der Waals surface area contributed by atoms with Crippen LogP contribution in [0, 0.1) is 6.92 Å². The van der Waals surface area contributed by atoms with Crippen molar-refractivity contribution in [3.8, 4) is 5.75 Å². The van der Waals surface area contributed by atoms with Crippen LogP contribution in [0.4, 0.5) is 5.69 Å². The maximum Gasteiger partial charge on any atom is 0.244 e. The van der Waals surface area contributed by atoms with Crippen molar-refractivity contribution < 1.29 is 13.2 Å². The fraction of sp³-hybridized carbons (Fsp3) is 0.200. The van der Waals surface area contributed by atoms with E-state index in [1.165, 1.54) is 25.3 Å². The molecule has 0 aromatic heterocycles. The van der Waals surface area contributed by atoms with E-state index in [0.717, 1.165) is 11.1 Å². The fourth-order valence-corrected chi connectivity index (χ4v) is 3.12. The first kappa shape index (κ1) is 15.3. The monoisotopic (exact) mass is 306 g/mol. The summed E-state index contributed by atoms with van der Waals surface area (Å²) in [5.74, 6) is 0.229. The SMILES string of the molecule is COc1cc(N)ccc1S(=O)(=O)NCc1ccccc1C. The first-order valence-corrected chi connectivity index (χ1v) is 7.90. The molecule has 0 spiro atoms. The van der Waals surface area contributed by atoms with E-state index in [0.29, 0.717) is 5.69 Å². The number of rotatable bonds is 5. The highest BCUT2D eigenvalue weighted by atomic mass is 32.2.